The molecule has 0 aromatic carbocycles. The zero-order chi connectivity index (χ0) is 11.6. The number of nitrogens with zero attached hydrogens (tertiary/aromatic N) is 1. The van der Waals surface area contributed by atoms with Gasteiger partial charge in [-0.2, -0.15) is 0 Å². The number of hydrogen-bond acceptors (Lipinski definition) is 2. The van der Waals surface area contributed by atoms with Crippen LogP contribution in [0.25, 0.3) is 0 Å². The van der Waals surface area contributed by atoms with Crippen LogP contribution in [0.4, 0.5) is 0 Å². The second-order valence-corrected chi connectivity index (χ2v) is 6.65. The van der Waals surface area contributed by atoms with Crippen LogP contribution in [0.1, 0.15) is 59.3 Å². The fraction of sp³-hybridized carbons (Fsp3) is 1.00. The molecule has 1 unspecified atom stereocenters. The fourth-order valence-electron chi connectivity index (χ4n) is 3.32. The first-order chi connectivity index (χ1) is 7.54. The third kappa shape index (κ3) is 3.46. The van der Waals surface area contributed by atoms with Crippen LogP contribution in [0.15, 0.2) is 0 Å². The van der Waals surface area contributed by atoms with Crippen molar-refractivity contribution in [3.63, 3.8) is 0 Å². The lowest BCUT2D eigenvalue weighted by molar-refractivity contribution is 0.162. The maximum Gasteiger partial charge on any atom is 0.0111 e. The van der Waals surface area contributed by atoms with Crippen molar-refractivity contribution < 1.29 is 0 Å². The Balaban J connectivity index is 1.78. The highest BCUT2D eigenvalue weighted by atomic mass is 15.2. The summed E-state index contributed by atoms with van der Waals surface area (Å²) in [5.74, 6) is 0. The molecular formula is C14H28N2. The molecule has 94 valence electrons. The van der Waals surface area contributed by atoms with E-state index in [4.69, 9.17) is 0 Å². The summed E-state index contributed by atoms with van der Waals surface area (Å²) in [6.45, 7) is 9.55. The average Bonchev–Trinajstić information content (AvgIpc) is 2.65. The van der Waals surface area contributed by atoms with Crippen molar-refractivity contribution in [3.8, 4) is 0 Å². The van der Waals surface area contributed by atoms with Gasteiger partial charge in [-0.15, -0.1) is 0 Å². The minimum atomic E-state index is 0.279. The first kappa shape index (κ1) is 12.4. The molecule has 2 rings (SSSR count). The number of rotatable bonds is 2. The van der Waals surface area contributed by atoms with Gasteiger partial charge in [0.05, 0.1) is 0 Å². The van der Waals surface area contributed by atoms with Gasteiger partial charge in [-0.05, 0) is 66.0 Å². The van der Waals surface area contributed by atoms with Crippen molar-refractivity contribution in [2.45, 2.75) is 76.9 Å². The summed E-state index contributed by atoms with van der Waals surface area (Å²) in [5.41, 5.74) is 0.279. The first-order valence-electron chi connectivity index (χ1n) is 7.06. The van der Waals surface area contributed by atoms with Gasteiger partial charge in [0.15, 0.2) is 0 Å². The van der Waals surface area contributed by atoms with E-state index in [2.05, 4.69) is 31.0 Å². The van der Waals surface area contributed by atoms with Crippen LogP contribution in [-0.2, 0) is 0 Å². The van der Waals surface area contributed by atoms with E-state index in [0.29, 0.717) is 0 Å². The Morgan fingerprint density at radius 2 is 1.69 bits per heavy atom. The monoisotopic (exact) mass is 224 g/mol. The molecule has 2 atom stereocenters. The van der Waals surface area contributed by atoms with E-state index in [1.165, 1.54) is 51.6 Å². The number of piperidine rings is 1. The van der Waals surface area contributed by atoms with Gasteiger partial charge in [0.1, 0.15) is 0 Å². The van der Waals surface area contributed by atoms with Crippen LogP contribution < -0.4 is 5.32 Å². The summed E-state index contributed by atoms with van der Waals surface area (Å²) in [6, 6.07) is 1.63. The molecule has 1 N–H and O–H groups in total. The van der Waals surface area contributed by atoms with E-state index >= 15 is 0 Å². The molecule has 0 aromatic heterocycles. The van der Waals surface area contributed by atoms with Gasteiger partial charge in [0.2, 0.25) is 0 Å². The maximum absolute atomic E-state index is 3.76. The second-order valence-electron chi connectivity index (χ2n) is 6.65. The van der Waals surface area contributed by atoms with E-state index in [-0.39, 0.29) is 5.54 Å². The molecule has 1 heterocycles. The molecule has 2 heteroatoms. The van der Waals surface area contributed by atoms with Gasteiger partial charge in [-0.1, -0.05) is 6.42 Å². The second kappa shape index (κ2) is 5.05. The molecule has 0 radical (unpaired) electrons. The van der Waals surface area contributed by atoms with E-state index < -0.39 is 0 Å². The lowest BCUT2D eigenvalue weighted by Gasteiger charge is -2.33. The molecular weight excluding hydrogens is 196 g/mol. The van der Waals surface area contributed by atoms with Crippen molar-refractivity contribution >= 4 is 0 Å². The Morgan fingerprint density at radius 1 is 1.00 bits per heavy atom. The Hall–Kier alpha value is -0.0800. The van der Waals surface area contributed by atoms with Crippen molar-refractivity contribution in [1.29, 1.82) is 0 Å². The third-order valence-corrected chi connectivity index (χ3v) is 3.95. The van der Waals surface area contributed by atoms with Crippen molar-refractivity contribution in [3.05, 3.63) is 0 Å². The predicted octanol–water partition coefficient (Wildman–Crippen LogP) is 2.78. The largest absolute Gasteiger partial charge is 0.309 e. The Bertz CT molecular complexity index is 213. The fourth-order valence-corrected chi connectivity index (χ4v) is 3.32. The molecule has 2 fully saturated rings. The lowest BCUT2D eigenvalue weighted by atomic mass is 10.1. The van der Waals surface area contributed by atoms with Gasteiger partial charge in [-0.3, -0.25) is 0 Å². The van der Waals surface area contributed by atoms with E-state index in [0.717, 1.165) is 12.1 Å². The van der Waals surface area contributed by atoms with Crippen LogP contribution in [0.3, 0.4) is 0 Å². The highest BCUT2D eigenvalue weighted by molar-refractivity contribution is 4.90. The van der Waals surface area contributed by atoms with Crippen LogP contribution in [0.5, 0.6) is 0 Å². The van der Waals surface area contributed by atoms with Crippen molar-refractivity contribution in [2.75, 3.05) is 13.1 Å². The number of likely N-dealkylation sites (tertiary alicyclic amines) is 1. The van der Waals surface area contributed by atoms with E-state index in [1.807, 2.05) is 0 Å². The normalized spacial score (nSPS) is 33.2. The molecule has 0 amide bonds. The summed E-state index contributed by atoms with van der Waals surface area (Å²) in [7, 11) is 0. The molecule has 0 bridgehead atoms. The quantitative estimate of drug-likeness (QED) is 0.776. The summed E-state index contributed by atoms with van der Waals surface area (Å²) in [4.78, 5) is 2.74. The minimum Gasteiger partial charge on any atom is -0.309 e. The van der Waals surface area contributed by atoms with Gasteiger partial charge < -0.3 is 10.2 Å². The molecule has 0 aromatic rings. The molecule has 1 aliphatic carbocycles. The van der Waals surface area contributed by atoms with Crippen LogP contribution in [-0.4, -0.2) is 35.6 Å². The number of hydrogen-bond donors (Lipinski definition) is 1. The Kier molecular flexibility index (Phi) is 3.91. The summed E-state index contributed by atoms with van der Waals surface area (Å²) in [5, 5.41) is 3.76. The standard InChI is InChI=1S/C14H28N2/c1-14(2,3)15-12-7-8-13(11-12)16-9-5-4-6-10-16/h12-13,15H,4-11H2,1-3H3/t12-,13?/m1/s1. The topological polar surface area (TPSA) is 15.3 Å². The summed E-state index contributed by atoms with van der Waals surface area (Å²) in [6.07, 6.45) is 8.46. The third-order valence-electron chi connectivity index (χ3n) is 3.95. The van der Waals surface area contributed by atoms with E-state index in [9.17, 15) is 0 Å². The average molecular weight is 224 g/mol. The molecule has 1 saturated heterocycles. The molecule has 1 aliphatic heterocycles. The minimum absolute atomic E-state index is 0.279. The van der Waals surface area contributed by atoms with Crippen LogP contribution in [0, 0.1) is 0 Å². The highest BCUT2D eigenvalue weighted by Crippen LogP contribution is 2.27. The highest BCUT2D eigenvalue weighted by Gasteiger charge is 2.31. The molecule has 0 spiro atoms. The van der Waals surface area contributed by atoms with Crippen molar-refractivity contribution in [1.82, 2.24) is 10.2 Å². The first-order valence-corrected chi connectivity index (χ1v) is 7.06. The lowest BCUT2D eigenvalue weighted by Crippen LogP contribution is -2.44. The van der Waals surface area contributed by atoms with Gasteiger partial charge >= 0.3 is 0 Å². The van der Waals surface area contributed by atoms with E-state index in [1.54, 1.807) is 0 Å². The summed E-state index contributed by atoms with van der Waals surface area (Å²) < 4.78 is 0. The Labute approximate surface area is 101 Å². The van der Waals surface area contributed by atoms with Gasteiger partial charge in [0.25, 0.3) is 0 Å². The maximum atomic E-state index is 3.76. The van der Waals surface area contributed by atoms with Crippen LogP contribution in [0.2, 0.25) is 0 Å². The zero-order valence-electron chi connectivity index (χ0n) is 11.3. The number of nitrogens with one attached hydrogen (secondary N) is 1. The van der Waals surface area contributed by atoms with Crippen LogP contribution >= 0.6 is 0 Å². The van der Waals surface area contributed by atoms with Gasteiger partial charge in [-0.25, -0.2) is 0 Å². The smallest absolute Gasteiger partial charge is 0.0111 e. The molecule has 2 nitrogen and oxygen atoms in total. The summed E-state index contributed by atoms with van der Waals surface area (Å²) >= 11 is 0. The molecule has 2 aliphatic rings. The molecule has 1 saturated carbocycles. The SMILES string of the molecule is CC(C)(C)N[C@@H]1CCC(N2CCCCC2)C1. The predicted molar refractivity (Wildman–Crippen MR) is 69.7 cm³/mol. The molecule has 16 heavy (non-hydrogen) atoms. The van der Waals surface area contributed by atoms with Gasteiger partial charge in [0, 0.05) is 17.6 Å². The zero-order valence-corrected chi connectivity index (χ0v) is 11.3. The van der Waals surface area contributed by atoms with Crippen molar-refractivity contribution in [2.24, 2.45) is 0 Å². The Morgan fingerprint density at radius 3 is 2.31 bits per heavy atom.